The highest BCUT2D eigenvalue weighted by molar-refractivity contribution is 5.82. The van der Waals surface area contributed by atoms with Gasteiger partial charge in [-0.3, -0.25) is 40.6 Å². The fourth-order valence-electron chi connectivity index (χ4n) is 3.77. The molecule has 0 unspecified atom stereocenters. The number of anilines is 1. The Balaban J connectivity index is 1.69. The number of fused-ring (bicyclic) bond motifs is 3. The first-order valence-electron chi connectivity index (χ1n) is 10.1. The third-order valence-corrected chi connectivity index (χ3v) is 5.38. The molecule has 0 amide bonds. The van der Waals surface area contributed by atoms with E-state index in [4.69, 9.17) is 0 Å². The summed E-state index contributed by atoms with van der Waals surface area (Å²) in [5.41, 5.74) is 4.87. The number of nitrogens with zero attached hydrogens (tertiary/aromatic N) is 5. The Kier molecular flexibility index (Phi) is 5.86. The molecule has 1 aliphatic rings. The van der Waals surface area contributed by atoms with E-state index in [1.54, 1.807) is 0 Å². The number of non-ortho nitro benzene ring substituents is 2. The fourth-order valence-corrected chi connectivity index (χ4v) is 3.77. The fraction of sp³-hybridized carbons (Fsp3) is 0.200. The molecule has 1 aromatic heterocycles. The van der Waals surface area contributed by atoms with Gasteiger partial charge in [0.2, 0.25) is 0 Å². The lowest BCUT2D eigenvalue weighted by Crippen LogP contribution is -2.20. The van der Waals surface area contributed by atoms with Crippen molar-refractivity contribution in [3.8, 4) is 0 Å². The number of benzene rings is 2. The van der Waals surface area contributed by atoms with E-state index in [2.05, 4.69) is 15.8 Å². The molecule has 0 saturated heterocycles. The van der Waals surface area contributed by atoms with Crippen LogP contribution in [-0.2, 0) is 6.54 Å². The Morgan fingerprint density at radius 1 is 0.941 bits per heavy atom. The Morgan fingerprint density at radius 3 is 2.35 bits per heavy atom. The number of nitro benzene ring substituents is 3. The molecule has 0 aliphatic carbocycles. The van der Waals surface area contributed by atoms with Crippen molar-refractivity contribution in [3.63, 3.8) is 0 Å². The van der Waals surface area contributed by atoms with Gasteiger partial charge < -0.3 is 9.99 Å². The third kappa shape index (κ3) is 4.23. The molecule has 34 heavy (non-hydrogen) atoms. The lowest BCUT2D eigenvalue weighted by molar-refractivity contribution is -0.393. The van der Waals surface area contributed by atoms with Crippen molar-refractivity contribution in [2.75, 3.05) is 5.43 Å². The van der Waals surface area contributed by atoms with Gasteiger partial charge in [-0.1, -0.05) is 0 Å². The average molecular weight is 467 g/mol. The lowest BCUT2D eigenvalue weighted by Gasteiger charge is -2.15. The van der Waals surface area contributed by atoms with Gasteiger partial charge >= 0.3 is 5.69 Å². The van der Waals surface area contributed by atoms with Crippen LogP contribution in [0.4, 0.5) is 22.7 Å². The Labute approximate surface area is 190 Å². The van der Waals surface area contributed by atoms with Crippen molar-refractivity contribution in [1.29, 1.82) is 0 Å². The van der Waals surface area contributed by atoms with Crippen LogP contribution in [0, 0.1) is 30.3 Å². The summed E-state index contributed by atoms with van der Waals surface area (Å²) in [5, 5.41) is 33.4. The maximum atomic E-state index is 12.6. The monoisotopic (exact) mass is 467 g/mol. The van der Waals surface area contributed by atoms with Crippen LogP contribution in [-0.4, -0.2) is 24.3 Å². The highest BCUT2D eigenvalue weighted by atomic mass is 16.6. The van der Waals surface area contributed by atoms with E-state index in [0.717, 1.165) is 25.0 Å². The zero-order chi connectivity index (χ0) is 24.4. The molecule has 2 aromatic carbocycles. The number of hydrogen-bond donors (Lipinski definition) is 2. The molecule has 1 aliphatic heterocycles. The molecule has 0 atom stereocenters. The molecule has 2 N–H and O–H groups in total. The lowest BCUT2D eigenvalue weighted by atomic mass is 10.1. The van der Waals surface area contributed by atoms with Crippen LogP contribution in [0.25, 0.3) is 16.5 Å². The molecular weight excluding hydrogens is 450 g/mol. The van der Waals surface area contributed by atoms with Gasteiger partial charge in [-0.2, -0.15) is 4.98 Å². The molecule has 0 spiro atoms. The van der Waals surface area contributed by atoms with Crippen molar-refractivity contribution in [3.05, 3.63) is 89.1 Å². The van der Waals surface area contributed by atoms with E-state index in [1.165, 1.54) is 30.5 Å². The summed E-state index contributed by atoms with van der Waals surface area (Å²) in [5.74, 6) is 0.386. The topological polar surface area (TPSA) is 188 Å². The van der Waals surface area contributed by atoms with Crippen LogP contribution in [0.2, 0.25) is 0 Å². The van der Waals surface area contributed by atoms with Gasteiger partial charge in [-0.25, -0.2) is 0 Å². The molecule has 0 fully saturated rings. The first-order valence-corrected chi connectivity index (χ1v) is 10.1. The molecular formula is C20H17N7O7. The van der Waals surface area contributed by atoms with Gasteiger partial charge in [-0.05, 0) is 31.4 Å². The number of nitrogens with one attached hydrogen (secondary N) is 2. The largest absolute Gasteiger partial charge is 0.325 e. The van der Waals surface area contributed by atoms with Crippen LogP contribution < -0.4 is 16.4 Å². The van der Waals surface area contributed by atoms with E-state index >= 15 is 0 Å². The van der Waals surface area contributed by atoms with Crippen LogP contribution >= 0.6 is 0 Å². The molecule has 0 bridgehead atoms. The van der Waals surface area contributed by atoms with Crippen LogP contribution in [0.5, 0.6) is 0 Å². The molecule has 3 aromatic rings. The maximum Gasteiger partial charge on any atom is 0.300 e. The minimum atomic E-state index is -0.739. The van der Waals surface area contributed by atoms with Crippen molar-refractivity contribution < 1.29 is 14.8 Å². The summed E-state index contributed by atoms with van der Waals surface area (Å²) in [4.78, 5) is 48.0. The van der Waals surface area contributed by atoms with E-state index in [0.29, 0.717) is 29.9 Å². The van der Waals surface area contributed by atoms with Gasteiger partial charge in [0.05, 0.1) is 31.7 Å². The number of rotatable bonds is 6. The summed E-state index contributed by atoms with van der Waals surface area (Å²) in [6.07, 6.45) is 3.63. The summed E-state index contributed by atoms with van der Waals surface area (Å²) < 4.78 is 1.81. The highest BCUT2D eigenvalue weighted by Gasteiger charge is 2.21. The molecule has 0 radical (unpaired) electrons. The molecule has 0 saturated carbocycles. The number of hydrazine groups is 1. The molecule has 2 heterocycles. The summed E-state index contributed by atoms with van der Waals surface area (Å²) in [6.45, 7) is 0.551. The zero-order valence-corrected chi connectivity index (χ0v) is 17.5. The first-order chi connectivity index (χ1) is 16.3. The van der Waals surface area contributed by atoms with Crippen molar-refractivity contribution in [2.24, 2.45) is 0 Å². The Morgan fingerprint density at radius 2 is 1.65 bits per heavy atom. The minimum absolute atomic E-state index is 0.0113. The first kappa shape index (κ1) is 22.3. The van der Waals surface area contributed by atoms with Crippen molar-refractivity contribution in [2.45, 2.75) is 25.8 Å². The standard InChI is InChI=1S/C20H17N7O7/c28-20-15-9-13(25(29)30)5-7-17(15)24-8-2-1-3-12(19(24)22-20)11-21-23-16-6-4-14(26(31)32)10-18(16)27(33)34/h4-7,9-11,21,23H,1-3,8H2/b12-11-. The number of nitro groups is 3. The predicted octanol–water partition coefficient (Wildman–Crippen LogP) is 3.26. The van der Waals surface area contributed by atoms with Crippen molar-refractivity contribution in [1.82, 2.24) is 15.0 Å². The van der Waals surface area contributed by atoms with Gasteiger partial charge in [0.25, 0.3) is 16.9 Å². The van der Waals surface area contributed by atoms with Gasteiger partial charge in [0.15, 0.2) is 0 Å². The Bertz CT molecular complexity index is 1430. The smallest absolute Gasteiger partial charge is 0.300 e. The summed E-state index contributed by atoms with van der Waals surface area (Å²) in [6, 6.07) is 7.26. The zero-order valence-electron chi connectivity index (χ0n) is 17.5. The molecule has 4 rings (SSSR count). The SMILES string of the molecule is O=c1nc2n(c3ccc([N+](=O)[O-])cc13)CCCC/C2=C/NNc1ccc([N+](=O)[O-])cc1[N+](=O)[O-]. The second-order valence-corrected chi connectivity index (χ2v) is 7.46. The van der Waals surface area contributed by atoms with E-state index < -0.39 is 31.7 Å². The summed E-state index contributed by atoms with van der Waals surface area (Å²) >= 11 is 0. The highest BCUT2D eigenvalue weighted by Crippen LogP contribution is 2.29. The quantitative estimate of drug-likeness (QED) is 0.402. The number of hydrogen-bond acceptors (Lipinski definition) is 10. The number of allylic oxidation sites excluding steroid dienone is 1. The predicted molar refractivity (Wildman–Crippen MR) is 121 cm³/mol. The van der Waals surface area contributed by atoms with Gasteiger partial charge in [0, 0.05) is 36.5 Å². The van der Waals surface area contributed by atoms with Crippen molar-refractivity contribution >= 4 is 39.2 Å². The number of aromatic nitrogens is 2. The van der Waals surface area contributed by atoms with E-state index in [1.807, 2.05) is 4.57 Å². The van der Waals surface area contributed by atoms with Crippen LogP contribution in [0.1, 0.15) is 25.1 Å². The third-order valence-electron chi connectivity index (χ3n) is 5.38. The van der Waals surface area contributed by atoms with E-state index in [-0.39, 0.29) is 16.8 Å². The molecule has 14 heteroatoms. The maximum absolute atomic E-state index is 12.6. The minimum Gasteiger partial charge on any atom is -0.325 e. The molecule has 14 nitrogen and oxygen atoms in total. The number of aryl methyl sites for hydroxylation is 1. The van der Waals surface area contributed by atoms with Gasteiger partial charge in [0.1, 0.15) is 11.5 Å². The Hall–Kier alpha value is -4.88. The van der Waals surface area contributed by atoms with Gasteiger partial charge in [-0.15, -0.1) is 0 Å². The van der Waals surface area contributed by atoms with Crippen LogP contribution in [0.3, 0.4) is 0 Å². The molecule has 174 valence electrons. The average Bonchev–Trinajstić information content (AvgIpc) is 3.01. The second-order valence-electron chi connectivity index (χ2n) is 7.46. The van der Waals surface area contributed by atoms with E-state index in [9.17, 15) is 35.1 Å². The normalized spacial score (nSPS) is 14.3. The van der Waals surface area contributed by atoms with Crippen LogP contribution in [0.15, 0.2) is 47.4 Å². The summed E-state index contributed by atoms with van der Waals surface area (Å²) in [7, 11) is 0. The second kappa shape index (κ2) is 8.93.